The number of rotatable bonds is 11. The van der Waals surface area contributed by atoms with Gasteiger partial charge in [0, 0.05) is 18.3 Å². The van der Waals surface area contributed by atoms with Crippen molar-refractivity contribution >= 4 is 23.7 Å². The summed E-state index contributed by atoms with van der Waals surface area (Å²) in [5.41, 5.74) is 6.50. The Morgan fingerprint density at radius 1 is 1.03 bits per heavy atom. The second-order valence-electron chi connectivity index (χ2n) is 7.41. The molecule has 12 heteroatoms. The number of carboxylic acid groups (broad SMARTS) is 1. The Morgan fingerprint density at radius 3 is 2.10 bits per heavy atom. The number of carbonyl (C=O) groups excluding carboxylic acids is 3. The molecule has 0 aromatic carbocycles. The van der Waals surface area contributed by atoms with E-state index in [4.69, 9.17) is 10.8 Å². The molecule has 5 atom stereocenters. The van der Waals surface area contributed by atoms with Crippen LogP contribution in [0.5, 0.6) is 0 Å². The van der Waals surface area contributed by atoms with Crippen LogP contribution in [-0.2, 0) is 25.6 Å². The second kappa shape index (κ2) is 11.3. The first kappa shape index (κ1) is 25.0. The van der Waals surface area contributed by atoms with Crippen molar-refractivity contribution in [2.24, 2.45) is 11.7 Å². The molecule has 5 unspecified atom stereocenters. The highest BCUT2D eigenvalue weighted by Crippen LogP contribution is 2.05. The number of hydrogen-bond donors (Lipinski definition) is 7. The molecule has 1 rings (SSSR count). The Kier molecular flexibility index (Phi) is 9.40. The molecule has 0 spiro atoms. The first-order valence-electron chi connectivity index (χ1n) is 9.48. The highest BCUT2D eigenvalue weighted by Gasteiger charge is 2.32. The number of aliphatic hydroxyl groups excluding tert-OH is 1. The van der Waals surface area contributed by atoms with Crippen LogP contribution in [0.3, 0.4) is 0 Å². The number of aliphatic carboxylic acids is 1. The fraction of sp³-hybridized carbons (Fsp3) is 0.611. The molecule has 0 fully saturated rings. The summed E-state index contributed by atoms with van der Waals surface area (Å²) in [6, 6.07) is -4.50. The van der Waals surface area contributed by atoms with Crippen molar-refractivity contribution < 1.29 is 29.4 Å². The summed E-state index contributed by atoms with van der Waals surface area (Å²) < 4.78 is 0. The van der Waals surface area contributed by atoms with Crippen LogP contribution >= 0.6 is 0 Å². The van der Waals surface area contributed by atoms with Gasteiger partial charge in [0.25, 0.3) is 0 Å². The number of H-pyrrole nitrogens is 1. The van der Waals surface area contributed by atoms with E-state index in [0.29, 0.717) is 5.69 Å². The average Bonchev–Trinajstić information content (AvgIpc) is 3.15. The molecule has 0 radical (unpaired) electrons. The summed E-state index contributed by atoms with van der Waals surface area (Å²) in [7, 11) is 0. The minimum Gasteiger partial charge on any atom is -0.480 e. The smallest absolute Gasteiger partial charge is 0.328 e. The summed E-state index contributed by atoms with van der Waals surface area (Å²) >= 11 is 0. The number of nitrogens with zero attached hydrogens (tertiary/aromatic N) is 1. The summed E-state index contributed by atoms with van der Waals surface area (Å²) in [4.78, 5) is 55.0. The third-order valence-electron chi connectivity index (χ3n) is 4.38. The van der Waals surface area contributed by atoms with Gasteiger partial charge in [0.2, 0.25) is 17.7 Å². The summed E-state index contributed by atoms with van der Waals surface area (Å²) in [6.07, 6.45) is 1.86. The van der Waals surface area contributed by atoms with Crippen LogP contribution in [0.2, 0.25) is 0 Å². The van der Waals surface area contributed by atoms with Crippen molar-refractivity contribution in [2.45, 2.75) is 64.4 Å². The predicted octanol–water partition coefficient (Wildman–Crippen LogP) is -2.12. The predicted molar refractivity (Wildman–Crippen MR) is 106 cm³/mol. The van der Waals surface area contributed by atoms with Gasteiger partial charge in [-0.2, -0.15) is 0 Å². The Bertz CT molecular complexity index is 736. The fourth-order valence-corrected chi connectivity index (χ4v) is 2.56. The topological polar surface area (TPSA) is 200 Å². The van der Waals surface area contributed by atoms with Crippen LogP contribution < -0.4 is 21.7 Å². The molecule has 3 amide bonds. The van der Waals surface area contributed by atoms with E-state index < -0.39 is 54.0 Å². The molecule has 8 N–H and O–H groups in total. The first-order valence-corrected chi connectivity index (χ1v) is 9.48. The molecule has 1 heterocycles. The van der Waals surface area contributed by atoms with Gasteiger partial charge < -0.3 is 36.9 Å². The summed E-state index contributed by atoms with van der Waals surface area (Å²) in [5.74, 6) is -3.75. The molecule has 1 aromatic rings. The van der Waals surface area contributed by atoms with Crippen molar-refractivity contribution in [3.63, 3.8) is 0 Å². The maximum Gasteiger partial charge on any atom is 0.328 e. The van der Waals surface area contributed by atoms with E-state index in [1.54, 1.807) is 13.8 Å². The van der Waals surface area contributed by atoms with Gasteiger partial charge in [-0.3, -0.25) is 14.4 Å². The first-order chi connectivity index (χ1) is 13.9. The molecule has 30 heavy (non-hydrogen) atoms. The molecule has 0 aliphatic heterocycles. The SMILES string of the molecule is CC(NC(=O)C(N)Cc1cnc[nH]1)C(=O)NC(C(=O)NC(C(=O)O)C(C)O)C(C)C. The molecule has 0 saturated heterocycles. The van der Waals surface area contributed by atoms with Crippen LogP contribution in [0, 0.1) is 5.92 Å². The van der Waals surface area contributed by atoms with E-state index in [0.717, 1.165) is 0 Å². The zero-order valence-electron chi connectivity index (χ0n) is 17.4. The van der Waals surface area contributed by atoms with Crippen molar-refractivity contribution in [1.82, 2.24) is 25.9 Å². The van der Waals surface area contributed by atoms with E-state index in [2.05, 4.69) is 25.9 Å². The number of aromatic amines is 1. The van der Waals surface area contributed by atoms with Crippen molar-refractivity contribution in [1.29, 1.82) is 0 Å². The molecule has 0 saturated carbocycles. The standard InChI is InChI=1S/C18H30N6O6/c1-8(2)13(17(28)24-14(10(4)25)18(29)30)23-15(26)9(3)22-16(27)12(19)5-11-6-20-7-21-11/h6-10,12-14,25H,5,19H2,1-4H3,(H,20,21)(H,22,27)(H,23,26)(H,24,28)(H,29,30). The Balaban J connectivity index is 2.69. The molecule has 0 aliphatic carbocycles. The van der Waals surface area contributed by atoms with Gasteiger partial charge in [0.05, 0.1) is 18.5 Å². The van der Waals surface area contributed by atoms with Crippen LogP contribution in [0.15, 0.2) is 12.5 Å². The molecule has 0 bridgehead atoms. The molecule has 168 valence electrons. The van der Waals surface area contributed by atoms with Gasteiger partial charge in [-0.25, -0.2) is 9.78 Å². The number of aromatic nitrogens is 2. The van der Waals surface area contributed by atoms with E-state index in [1.807, 2.05) is 0 Å². The number of carboxylic acids is 1. The van der Waals surface area contributed by atoms with Gasteiger partial charge in [0.1, 0.15) is 12.1 Å². The molecule has 12 nitrogen and oxygen atoms in total. The zero-order valence-corrected chi connectivity index (χ0v) is 17.4. The number of imidazole rings is 1. The van der Waals surface area contributed by atoms with E-state index >= 15 is 0 Å². The minimum atomic E-state index is -1.52. The van der Waals surface area contributed by atoms with Crippen LogP contribution in [0.1, 0.15) is 33.4 Å². The van der Waals surface area contributed by atoms with E-state index in [9.17, 15) is 24.3 Å². The Hall–Kier alpha value is -2.99. The average molecular weight is 426 g/mol. The van der Waals surface area contributed by atoms with Gasteiger partial charge in [-0.15, -0.1) is 0 Å². The maximum atomic E-state index is 12.5. The van der Waals surface area contributed by atoms with Crippen LogP contribution in [0.4, 0.5) is 0 Å². The number of nitrogens with one attached hydrogen (secondary N) is 4. The Morgan fingerprint density at radius 2 is 1.63 bits per heavy atom. The normalized spacial score (nSPS) is 16.1. The highest BCUT2D eigenvalue weighted by atomic mass is 16.4. The molecular weight excluding hydrogens is 396 g/mol. The second-order valence-corrected chi connectivity index (χ2v) is 7.41. The van der Waals surface area contributed by atoms with E-state index in [1.165, 1.54) is 26.4 Å². The molecule has 0 aliphatic rings. The third kappa shape index (κ3) is 7.44. The lowest BCUT2D eigenvalue weighted by Gasteiger charge is -2.26. The number of carbonyl (C=O) groups is 4. The number of amides is 3. The molecular formula is C18H30N6O6. The fourth-order valence-electron chi connectivity index (χ4n) is 2.56. The Labute approximate surface area is 174 Å². The van der Waals surface area contributed by atoms with Gasteiger partial charge in [-0.1, -0.05) is 13.8 Å². The lowest BCUT2D eigenvalue weighted by atomic mass is 10.0. The van der Waals surface area contributed by atoms with Gasteiger partial charge in [-0.05, 0) is 19.8 Å². The highest BCUT2D eigenvalue weighted by molar-refractivity contribution is 5.94. The lowest BCUT2D eigenvalue weighted by molar-refractivity contribution is -0.145. The zero-order chi connectivity index (χ0) is 23.0. The summed E-state index contributed by atoms with van der Waals surface area (Å²) in [5, 5.41) is 25.8. The van der Waals surface area contributed by atoms with Crippen molar-refractivity contribution in [3.05, 3.63) is 18.2 Å². The van der Waals surface area contributed by atoms with Crippen molar-refractivity contribution in [2.75, 3.05) is 0 Å². The van der Waals surface area contributed by atoms with Crippen molar-refractivity contribution in [3.8, 4) is 0 Å². The van der Waals surface area contributed by atoms with Gasteiger partial charge >= 0.3 is 5.97 Å². The minimum absolute atomic E-state index is 0.202. The van der Waals surface area contributed by atoms with E-state index in [-0.39, 0.29) is 12.3 Å². The largest absolute Gasteiger partial charge is 0.480 e. The number of nitrogens with two attached hydrogens (primary N) is 1. The number of aliphatic hydroxyl groups is 1. The lowest BCUT2D eigenvalue weighted by Crippen LogP contribution is -2.59. The van der Waals surface area contributed by atoms with Crippen LogP contribution in [-0.4, -0.2) is 74.1 Å². The monoisotopic (exact) mass is 426 g/mol. The quantitative estimate of drug-likeness (QED) is 0.208. The third-order valence-corrected chi connectivity index (χ3v) is 4.38. The maximum absolute atomic E-state index is 12.5. The van der Waals surface area contributed by atoms with Crippen LogP contribution in [0.25, 0.3) is 0 Å². The molecule has 1 aromatic heterocycles. The summed E-state index contributed by atoms with van der Waals surface area (Å²) in [6.45, 7) is 5.98. The van der Waals surface area contributed by atoms with Gasteiger partial charge in [0.15, 0.2) is 6.04 Å². The number of hydrogen-bond acceptors (Lipinski definition) is 7.